The first-order valence-electron chi connectivity index (χ1n) is 6.93. The van der Waals surface area contributed by atoms with Crippen LogP contribution in [0.4, 0.5) is 5.13 Å². The number of thiazole rings is 1. The summed E-state index contributed by atoms with van der Waals surface area (Å²) in [6.07, 6.45) is 0. The van der Waals surface area contributed by atoms with Crippen LogP contribution in [0.15, 0.2) is 18.2 Å². The molecule has 0 amide bonds. The van der Waals surface area contributed by atoms with Gasteiger partial charge >= 0.3 is 5.97 Å². The molecule has 2 rings (SSSR count). The normalized spacial score (nSPS) is 12.4. The number of ether oxygens (including phenoxy) is 2. The highest BCUT2D eigenvalue weighted by atomic mass is 32.1. The van der Waals surface area contributed by atoms with Gasteiger partial charge in [0.25, 0.3) is 0 Å². The van der Waals surface area contributed by atoms with Gasteiger partial charge in [-0.25, -0.2) is 9.78 Å². The van der Waals surface area contributed by atoms with Gasteiger partial charge < -0.3 is 14.8 Å². The van der Waals surface area contributed by atoms with Crippen molar-refractivity contribution in [3.8, 4) is 5.75 Å². The van der Waals surface area contributed by atoms with E-state index in [2.05, 4.69) is 10.3 Å². The molecule has 0 saturated heterocycles. The van der Waals surface area contributed by atoms with Crippen LogP contribution in [-0.4, -0.2) is 30.7 Å². The third-order valence-electron chi connectivity index (χ3n) is 3.07. The van der Waals surface area contributed by atoms with Gasteiger partial charge in [-0.05, 0) is 31.0 Å². The fraction of sp³-hybridized carbons (Fsp3) is 0.467. The Morgan fingerprint density at radius 1 is 1.43 bits per heavy atom. The minimum absolute atomic E-state index is 0.114. The zero-order chi connectivity index (χ0) is 15.4. The van der Waals surface area contributed by atoms with Crippen LogP contribution in [0.1, 0.15) is 20.8 Å². The van der Waals surface area contributed by atoms with Gasteiger partial charge in [-0.3, -0.25) is 0 Å². The molecule has 21 heavy (non-hydrogen) atoms. The molecule has 1 N–H and O–H groups in total. The van der Waals surface area contributed by atoms with E-state index in [1.807, 2.05) is 39.0 Å². The van der Waals surface area contributed by atoms with E-state index in [9.17, 15) is 4.79 Å². The molecule has 1 aromatic heterocycles. The van der Waals surface area contributed by atoms with Gasteiger partial charge in [-0.2, -0.15) is 0 Å². The van der Waals surface area contributed by atoms with Gasteiger partial charge in [0.2, 0.25) is 0 Å². The molecule has 114 valence electrons. The third kappa shape index (κ3) is 3.64. The lowest BCUT2D eigenvalue weighted by atomic mass is 10.1. The van der Waals surface area contributed by atoms with Crippen molar-refractivity contribution in [3.63, 3.8) is 0 Å². The standard InChI is InChI=1S/C15H20N2O3S/c1-5-20-10-6-7-11-12(8-10)21-15(16-11)17-13(9(2)3)14(18)19-4/h6-9,13H,5H2,1-4H3,(H,16,17). The quantitative estimate of drug-likeness (QED) is 0.830. The van der Waals surface area contributed by atoms with Gasteiger partial charge in [0.1, 0.15) is 11.8 Å². The van der Waals surface area contributed by atoms with Crippen molar-refractivity contribution < 1.29 is 14.3 Å². The molecule has 0 spiro atoms. The highest BCUT2D eigenvalue weighted by Gasteiger charge is 2.24. The summed E-state index contributed by atoms with van der Waals surface area (Å²) in [4.78, 5) is 16.3. The maximum absolute atomic E-state index is 11.8. The maximum Gasteiger partial charge on any atom is 0.328 e. The number of carbonyl (C=O) groups excluding carboxylic acids is 1. The van der Waals surface area contributed by atoms with Crippen molar-refractivity contribution in [2.75, 3.05) is 19.0 Å². The second-order valence-corrected chi connectivity index (χ2v) is 6.00. The van der Waals surface area contributed by atoms with Gasteiger partial charge in [-0.15, -0.1) is 0 Å². The molecule has 1 unspecified atom stereocenters. The predicted molar refractivity (Wildman–Crippen MR) is 85.1 cm³/mol. The molecule has 0 saturated carbocycles. The number of nitrogens with one attached hydrogen (secondary N) is 1. The largest absolute Gasteiger partial charge is 0.494 e. The van der Waals surface area contributed by atoms with Gasteiger partial charge in [0, 0.05) is 0 Å². The zero-order valence-electron chi connectivity index (χ0n) is 12.7. The minimum atomic E-state index is -0.401. The zero-order valence-corrected chi connectivity index (χ0v) is 13.5. The number of hydrogen-bond donors (Lipinski definition) is 1. The average molecular weight is 308 g/mol. The molecular formula is C15H20N2O3S. The monoisotopic (exact) mass is 308 g/mol. The summed E-state index contributed by atoms with van der Waals surface area (Å²) in [5, 5.41) is 3.87. The SMILES string of the molecule is CCOc1ccc2nc(NC(C(=O)OC)C(C)C)sc2c1. The van der Waals surface area contributed by atoms with Crippen molar-refractivity contribution in [1.82, 2.24) is 4.98 Å². The summed E-state index contributed by atoms with van der Waals surface area (Å²) in [7, 11) is 1.39. The number of anilines is 1. The molecule has 1 aromatic carbocycles. The van der Waals surface area contributed by atoms with E-state index in [1.54, 1.807) is 0 Å². The smallest absolute Gasteiger partial charge is 0.328 e. The molecule has 5 nitrogen and oxygen atoms in total. The summed E-state index contributed by atoms with van der Waals surface area (Å²) in [6.45, 7) is 6.52. The number of methoxy groups -OCH3 is 1. The van der Waals surface area contributed by atoms with Crippen LogP contribution in [0.25, 0.3) is 10.2 Å². The van der Waals surface area contributed by atoms with E-state index in [4.69, 9.17) is 9.47 Å². The molecule has 6 heteroatoms. The Kier molecular flexibility index (Phi) is 5.01. The number of carbonyl (C=O) groups is 1. The summed E-state index contributed by atoms with van der Waals surface area (Å²) >= 11 is 1.50. The molecule has 0 aliphatic heterocycles. The summed E-state index contributed by atoms with van der Waals surface area (Å²) < 4.78 is 11.3. The lowest BCUT2D eigenvalue weighted by Gasteiger charge is -2.18. The molecule has 2 aromatic rings. The van der Waals surface area contributed by atoms with Crippen molar-refractivity contribution in [3.05, 3.63) is 18.2 Å². The number of esters is 1. The highest BCUT2D eigenvalue weighted by molar-refractivity contribution is 7.22. The Labute approximate surface area is 128 Å². The van der Waals surface area contributed by atoms with Crippen LogP contribution in [0.2, 0.25) is 0 Å². The molecule has 0 aliphatic rings. The Balaban J connectivity index is 2.23. The lowest BCUT2D eigenvalue weighted by molar-refractivity contribution is -0.142. The molecule has 0 bridgehead atoms. The number of nitrogens with zero attached hydrogens (tertiary/aromatic N) is 1. The number of benzene rings is 1. The average Bonchev–Trinajstić information content (AvgIpc) is 2.85. The van der Waals surface area contributed by atoms with E-state index in [-0.39, 0.29) is 11.9 Å². The van der Waals surface area contributed by atoms with Crippen LogP contribution in [0.5, 0.6) is 5.75 Å². The van der Waals surface area contributed by atoms with Crippen LogP contribution in [0, 0.1) is 5.92 Å². The Hall–Kier alpha value is -1.82. The lowest BCUT2D eigenvalue weighted by Crippen LogP contribution is -2.35. The van der Waals surface area contributed by atoms with Gasteiger partial charge in [0.05, 0.1) is 23.9 Å². The Bertz CT molecular complexity index is 624. The molecule has 1 atom stereocenters. The third-order valence-corrected chi connectivity index (χ3v) is 4.02. The predicted octanol–water partition coefficient (Wildman–Crippen LogP) is 3.30. The van der Waals surface area contributed by atoms with Crippen molar-refractivity contribution in [2.24, 2.45) is 5.92 Å². The minimum Gasteiger partial charge on any atom is -0.494 e. The fourth-order valence-electron chi connectivity index (χ4n) is 1.98. The highest BCUT2D eigenvalue weighted by Crippen LogP contribution is 2.30. The van der Waals surface area contributed by atoms with Crippen molar-refractivity contribution in [1.29, 1.82) is 0 Å². The Morgan fingerprint density at radius 2 is 2.19 bits per heavy atom. The van der Waals surface area contributed by atoms with E-state index in [0.717, 1.165) is 16.0 Å². The number of fused-ring (bicyclic) bond motifs is 1. The first-order valence-corrected chi connectivity index (χ1v) is 7.74. The molecule has 0 aliphatic carbocycles. The van der Waals surface area contributed by atoms with Crippen LogP contribution in [-0.2, 0) is 9.53 Å². The van der Waals surface area contributed by atoms with Crippen LogP contribution in [0.3, 0.4) is 0 Å². The van der Waals surface area contributed by atoms with E-state index < -0.39 is 6.04 Å². The van der Waals surface area contributed by atoms with E-state index in [1.165, 1.54) is 18.4 Å². The van der Waals surface area contributed by atoms with E-state index in [0.29, 0.717) is 11.7 Å². The van der Waals surface area contributed by atoms with E-state index >= 15 is 0 Å². The van der Waals surface area contributed by atoms with Crippen molar-refractivity contribution in [2.45, 2.75) is 26.8 Å². The number of hydrogen-bond acceptors (Lipinski definition) is 6. The fourth-order valence-corrected chi connectivity index (χ4v) is 2.91. The number of rotatable bonds is 6. The topological polar surface area (TPSA) is 60.5 Å². The van der Waals surface area contributed by atoms with Crippen molar-refractivity contribution >= 4 is 32.7 Å². The van der Waals surface area contributed by atoms with Gasteiger partial charge in [0.15, 0.2) is 5.13 Å². The molecule has 1 heterocycles. The second kappa shape index (κ2) is 6.76. The first kappa shape index (κ1) is 15.6. The number of aromatic nitrogens is 1. The summed E-state index contributed by atoms with van der Waals surface area (Å²) in [6, 6.07) is 5.38. The Morgan fingerprint density at radius 3 is 2.81 bits per heavy atom. The van der Waals surface area contributed by atoms with Crippen LogP contribution >= 0.6 is 11.3 Å². The summed E-state index contributed by atoms with van der Waals surface area (Å²) in [5.74, 6) is 0.663. The molecule has 0 fully saturated rings. The van der Waals surface area contributed by atoms with Crippen LogP contribution < -0.4 is 10.1 Å². The first-order chi connectivity index (χ1) is 10.0. The van der Waals surface area contributed by atoms with Gasteiger partial charge in [-0.1, -0.05) is 25.2 Å². The maximum atomic E-state index is 11.8. The second-order valence-electron chi connectivity index (χ2n) is 4.97. The molecular weight excluding hydrogens is 288 g/mol. The summed E-state index contributed by atoms with van der Waals surface area (Å²) in [5.41, 5.74) is 0.887. The molecule has 0 radical (unpaired) electrons.